The number of hydrogen-bond acceptors (Lipinski definition) is 4. The maximum atomic E-state index is 14.2. The van der Waals surface area contributed by atoms with Crippen molar-refractivity contribution in [3.8, 4) is 0 Å². The lowest BCUT2D eigenvalue weighted by Crippen LogP contribution is -2.35. The van der Waals surface area contributed by atoms with Gasteiger partial charge in [-0.05, 0) is 72.1 Å². The monoisotopic (exact) mass is 626 g/mol. The third kappa shape index (κ3) is 8.16. The Bertz CT molecular complexity index is 1790. The number of nitrogen functional groups attached to an aromatic ring is 1. The zero-order valence-electron chi connectivity index (χ0n) is 27.2. The van der Waals surface area contributed by atoms with Crippen LogP contribution in [0.25, 0.3) is 11.0 Å². The number of rotatable bonds is 13. The second-order valence-corrected chi connectivity index (χ2v) is 12.9. The van der Waals surface area contributed by atoms with Gasteiger partial charge in [0.05, 0.1) is 11.0 Å². The van der Waals surface area contributed by atoms with Crippen LogP contribution in [-0.4, -0.2) is 32.7 Å². The van der Waals surface area contributed by atoms with Gasteiger partial charge in [0, 0.05) is 43.7 Å². The number of fused-ring (bicyclic) bond motifs is 1. The maximum Gasteiger partial charge on any atom is 0.254 e. The summed E-state index contributed by atoms with van der Waals surface area (Å²) in [6.07, 6.45) is 8.62. The summed E-state index contributed by atoms with van der Waals surface area (Å²) in [7, 11) is 0. The summed E-state index contributed by atoms with van der Waals surface area (Å²) < 4.78 is 2.32. The Morgan fingerprint density at radius 1 is 0.787 bits per heavy atom. The van der Waals surface area contributed by atoms with Gasteiger partial charge in [0.1, 0.15) is 11.7 Å². The van der Waals surface area contributed by atoms with E-state index in [9.17, 15) is 4.79 Å². The molecule has 1 amide bonds. The van der Waals surface area contributed by atoms with Gasteiger partial charge in [0.15, 0.2) is 0 Å². The smallest absolute Gasteiger partial charge is 0.254 e. The first kappa shape index (κ1) is 32.2. The molecule has 6 rings (SSSR count). The molecule has 1 aliphatic rings. The van der Waals surface area contributed by atoms with Crippen LogP contribution in [0.3, 0.4) is 0 Å². The lowest BCUT2D eigenvalue weighted by atomic mass is 9.88. The zero-order chi connectivity index (χ0) is 32.6. The molecule has 0 atom stereocenters. The molecule has 5 N–H and O–H groups in total. The molecule has 1 heterocycles. The van der Waals surface area contributed by atoms with Crippen molar-refractivity contribution in [2.24, 2.45) is 17.4 Å². The summed E-state index contributed by atoms with van der Waals surface area (Å²) in [5, 5.41) is 7.69. The lowest BCUT2D eigenvalue weighted by molar-refractivity contribution is 0.0699. The van der Waals surface area contributed by atoms with Crippen LogP contribution in [0.1, 0.15) is 76.1 Å². The minimum absolute atomic E-state index is 0.0614. The van der Waals surface area contributed by atoms with Crippen molar-refractivity contribution in [1.29, 1.82) is 5.41 Å². The highest BCUT2D eigenvalue weighted by Gasteiger charge is 2.23. The Labute approximate surface area is 278 Å². The van der Waals surface area contributed by atoms with Crippen molar-refractivity contribution in [2.45, 2.75) is 71.0 Å². The van der Waals surface area contributed by atoms with E-state index in [1.54, 1.807) is 0 Å². The molecule has 1 aromatic heterocycles. The summed E-state index contributed by atoms with van der Waals surface area (Å²) >= 11 is 0. The van der Waals surface area contributed by atoms with Crippen LogP contribution in [-0.2, 0) is 38.9 Å². The van der Waals surface area contributed by atoms with E-state index in [0.29, 0.717) is 24.6 Å². The number of carbonyl (C=O) groups excluding carboxylic acids is 1. The molecular weight excluding hydrogens is 580 g/mol. The number of aryl methyl sites for hydroxylation is 4. The molecule has 0 aliphatic heterocycles. The molecule has 1 saturated carbocycles. The number of nitrogens with two attached hydrogens (primary N) is 2. The first-order chi connectivity index (χ1) is 23.0. The molecule has 242 valence electrons. The number of hydrogen-bond donors (Lipinski definition) is 3. The molecule has 0 spiro atoms. The first-order valence-electron chi connectivity index (χ1n) is 17.0. The van der Waals surface area contributed by atoms with Gasteiger partial charge in [-0.3, -0.25) is 10.2 Å². The largest absolute Gasteiger partial charge is 0.384 e. The molecule has 1 fully saturated rings. The van der Waals surface area contributed by atoms with Crippen LogP contribution in [0.15, 0.2) is 97.1 Å². The molecular formula is C40H46N6O. The van der Waals surface area contributed by atoms with E-state index in [1.165, 1.54) is 43.2 Å². The van der Waals surface area contributed by atoms with Gasteiger partial charge in [-0.15, -0.1) is 0 Å². The average molecular weight is 627 g/mol. The minimum atomic E-state index is 0.0614. The molecule has 5 aromatic rings. The van der Waals surface area contributed by atoms with Gasteiger partial charge in [0.2, 0.25) is 0 Å². The normalized spacial score (nSPS) is 13.6. The van der Waals surface area contributed by atoms with Gasteiger partial charge in [-0.25, -0.2) is 4.98 Å². The molecule has 7 nitrogen and oxygen atoms in total. The van der Waals surface area contributed by atoms with Crippen molar-refractivity contribution < 1.29 is 4.79 Å². The average Bonchev–Trinajstić information content (AvgIpc) is 3.47. The Balaban J connectivity index is 1.27. The summed E-state index contributed by atoms with van der Waals surface area (Å²) in [6.45, 7) is 2.67. The van der Waals surface area contributed by atoms with E-state index in [-0.39, 0.29) is 11.7 Å². The van der Waals surface area contributed by atoms with Crippen LogP contribution in [0.5, 0.6) is 0 Å². The van der Waals surface area contributed by atoms with E-state index in [0.717, 1.165) is 65.9 Å². The van der Waals surface area contributed by atoms with Crippen LogP contribution < -0.4 is 11.5 Å². The number of amides is 1. The topological polar surface area (TPSA) is 114 Å². The fourth-order valence-corrected chi connectivity index (χ4v) is 6.83. The Morgan fingerprint density at radius 3 is 2.15 bits per heavy atom. The molecule has 0 radical (unpaired) electrons. The summed E-state index contributed by atoms with van der Waals surface area (Å²) in [5.41, 5.74) is 19.5. The van der Waals surface area contributed by atoms with Gasteiger partial charge in [-0.2, -0.15) is 0 Å². The van der Waals surface area contributed by atoms with Crippen molar-refractivity contribution in [1.82, 2.24) is 14.5 Å². The highest BCUT2D eigenvalue weighted by molar-refractivity contribution is 5.97. The fourth-order valence-electron chi connectivity index (χ4n) is 6.83. The SMILES string of the molecule is N=C(N)c1ccc(CCc2nc3cc(C(=O)N(Cc4ccc(CN)cc4)CC4CCCCC4)ccc3n2CCc2ccccc2)cc1. The van der Waals surface area contributed by atoms with Gasteiger partial charge in [0.25, 0.3) is 5.91 Å². The molecule has 7 heteroatoms. The third-order valence-electron chi connectivity index (χ3n) is 9.57. The standard InChI is InChI=1S/C40H46N6O/c41-26-31-11-13-33(14-12-31)28-45(27-32-9-5-2-6-10-32)40(47)35-20-21-37-36(25-35)44-38(46(37)24-23-29-7-3-1-4-8-29)22-17-30-15-18-34(19-16-30)39(42)43/h1,3-4,7-8,11-16,18-21,25,32H,2,5-6,9-10,17,22-24,26-28,41H2,(H3,42,43). The highest BCUT2D eigenvalue weighted by atomic mass is 16.2. The quantitative estimate of drug-likeness (QED) is 0.0962. The summed E-state index contributed by atoms with van der Waals surface area (Å²) in [6, 6.07) is 32.8. The zero-order valence-corrected chi connectivity index (χ0v) is 27.2. The Hall–Kier alpha value is -4.75. The fraction of sp³-hybridized carbons (Fsp3) is 0.325. The second kappa shape index (κ2) is 15.2. The Morgan fingerprint density at radius 2 is 1.45 bits per heavy atom. The minimum Gasteiger partial charge on any atom is -0.384 e. The lowest BCUT2D eigenvalue weighted by Gasteiger charge is -2.30. The summed E-state index contributed by atoms with van der Waals surface area (Å²) in [5.74, 6) is 1.68. The van der Waals surface area contributed by atoms with Gasteiger partial charge >= 0.3 is 0 Å². The van der Waals surface area contributed by atoms with Crippen LogP contribution >= 0.6 is 0 Å². The van der Waals surface area contributed by atoms with E-state index in [4.69, 9.17) is 21.9 Å². The third-order valence-corrected chi connectivity index (χ3v) is 9.57. The van der Waals surface area contributed by atoms with Crippen molar-refractivity contribution in [3.63, 3.8) is 0 Å². The number of benzene rings is 4. The van der Waals surface area contributed by atoms with E-state index in [1.807, 2.05) is 47.4 Å². The molecule has 47 heavy (non-hydrogen) atoms. The number of amidine groups is 1. The number of carbonyl (C=O) groups is 1. The van der Waals surface area contributed by atoms with Crippen molar-refractivity contribution >= 4 is 22.8 Å². The van der Waals surface area contributed by atoms with Crippen molar-refractivity contribution in [3.05, 3.63) is 136 Å². The molecule has 0 unspecified atom stereocenters. The van der Waals surface area contributed by atoms with Gasteiger partial charge < -0.3 is 20.9 Å². The molecule has 0 saturated heterocycles. The van der Waals surface area contributed by atoms with E-state index >= 15 is 0 Å². The molecule has 1 aliphatic carbocycles. The number of nitrogens with one attached hydrogen (secondary N) is 1. The first-order valence-corrected chi connectivity index (χ1v) is 17.0. The number of nitrogens with zero attached hydrogens (tertiary/aromatic N) is 3. The second-order valence-electron chi connectivity index (χ2n) is 12.9. The predicted octanol–water partition coefficient (Wildman–Crippen LogP) is 7.03. The van der Waals surface area contributed by atoms with Gasteiger partial charge in [-0.1, -0.05) is 98.1 Å². The highest BCUT2D eigenvalue weighted by Crippen LogP contribution is 2.27. The van der Waals surface area contributed by atoms with E-state index < -0.39 is 0 Å². The van der Waals surface area contributed by atoms with Crippen LogP contribution in [0, 0.1) is 11.3 Å². The summed E-state index contributed by atoms with van der Waals surface area (Å²) in [4.78, 5) is 21.4. The van der Waals surface area contributed by atoms with E-state index in [2.05, 4.69) is 59.2 Å². The number of imidazole rings is 1. The molecule has 4 aromatic carbocycles. The number of aromatic nitrogens is 2. The predicted molar refractivity (Wildman–Crippen MR) is 190 cm³/mol. The molecule has 0 bridgehead atoms. The maximum absolute atomic E-state index is 14.2. The van der Waals surface area contributed by atoms with Crippen LogP contribution in [0.4, 0.5) is 0 Å². The van der Waals surface area contributed by atoms with Crippen molar-refractivity contribution in [2.75, 3.05) is 6.54 Å². The van der Waals surface area contributed by atoms with Crippen LogP contribution in [0.2, 0.25) is 0 Å². The Kier molecular flexibility index (Phi) is 10.4.